The fraction of sp³-hybridized carbons (Fsp3) is 0.227. The second-order valence-corrected chi connectivity index (χ2v) is 7.38. The Morgan fingerprint density at radius 3 is 2.53 bits per heavy atom. The summed E-state index contributed by atoms with van der Waals surface area (Å²) in [6.45, 7) is 1.05. The van der Waals surface area contributed by atoms with Gasteiger partial charge in [0.15, 0.2) is 11.2 Å². The molecular formula is C22H21N5O3. The van der Waals surface area contributed by atoms with E-state index in [0.717, 1.165) is 26.6 Å². The average molecular weight is 403 g/mol. The van der Waals surface area contributed by atoms with E-state index in [9.17, 15) is 9.59 Å². The fourth-order valence-corrected chi connectivity index (χ4v) is 4.00. The van der Waals surface area contributed by atoms with Gasteiger partial charge in [-0.15, -0.1) is 0 Å². The third-order valence-electron chi connectivity index (χ3n) is 5.62. The van der Waals surface area contributed by atoms with Gasteiger partial charge in [0.05, 0.1) is 12.3 Å². The van der Waals surface area contributed by atoms with E-state index < -0.39 is 5.69 Å². The highest BCUT2D eigenvalue weighted by Crippen LogP contribution is 2.28. The quantitative estimate of drug-likeness (QED) is 0.461. The van der Waals surface area contributed by atoms with Gasteiger partial charge in [-0.1, -0.05) is 36.4 Å². The predicted molar refractivity (Wildman–Crippen MR) is 116 cm³/mol. The second kappa shape index (κ2) is 6.70. The molecule has 0 radical (unpaired) electrons. The minimum absolute atomic E-state index is 0.366. The number of hydrogen-bond acceptors (Lipinski definition) is 4. The smallest absolute Gasteiger partial charge is 0.332 e. The standard InChI is InChI=1S/C22H21N5O3/c1-24-19-18(20(28)25(2)22(24)29)27-13-17(26(10-11-30-3)21(27)23-19)16-9-8-14-6-4-5-7-15(14)12-16/h4-9,12-13H,10-11H2,1-3H3. The summed E-state index contributed by atoms with van der Waals surface area (Å²) in [5.74, 6) is 0.600. The van der Waals surface area contributed by atoms with Crippen molar-refractivity contribution >= 4 is 27.7 Å². The molecule has 0 amide bonds. The molecule has 5 aromatic rings. The molecule has 0 fully saturated rings. The predicted octanol–water partition coefficient (Wildman–Crippen LogP) is 2.15. The van der Waals surface area contributed by atoms with Crippen LogP contribution in [0.15, 0.2) is 58.3 Å². The maximum atomic E-state index is 12.9. The molecule has 30 heavy (non-hydrogen) atoms. The van der Waals surface area contributed by atoms with Crippen LogP contribution in [-0.4, -0.2) is 36.8 Å². The summed E-state index contributed by atoms with van der Waals surface area (Å²) in [5.41, 5.74) is 1.94. The van der Waals surface area contributed by atoms with Gasteiger partial charge >= 0.3 is 5.69 Å². The maximum Gasteiger partial charge on any atom is 0.332 e. The van der Waals surface area contributed by atoms with E-state index >= 15 is 0 Å². The number of aryl methyl sites for hydroxylation is 1. The molecule has 5 rings (SSSR count). The molecule has 0 saturated heterocycles. The number of benzene rings is 2. The Morgan fingerprint density at radius 2 is 1.77 bits per heavy atom. The molecule has 0 atom stereocenters. The SMILES string of the molecule is COCCn1c(-c2ccc3ccccc3c2)cn2c3c(=O)n(C)c(=O)n(C)c3nc12. The lowest BCUT2D eigenvalue weighted by Crippen LogP contribution is -2.37. The lowest BCUT2D eigenvalue weighted by Gasteiger charge is -2.09. The number of ether oxygens (including phenoxy) is 1. The van der Waals surface area contributed by atoms with Crippen molar-refractivity contribution in [3.05, 3.63) is 69.5 Å². The van der Waals surface area contributed by atoms with E-state index in [4.69, 9.17) is 4.74 Å². The van der Waals surface area contributed by atoms with Crippen LogP contribution in [-0.2, 0) is 25.4 Å². The largest absolute Gasteiger partial charge is 0.383 e. The summed E-state index contributed by atoms with van der Waals surface area (Å²) >= 11 is 0. The average Bonchev–Trinajstić information content (AvgIpc) is 3.31. The number of aromatic nitrogens is 5. The van der Waals surface area contributed by atoms with E-state index in [2.05, 4.69) is 35.3 Å². The van der Waals surface area contributed by atoms with Gasteiger partial charge in [-0.25, -0.2) is 4.79 Å². The highest BCUT2D eigenvalue weighted by Gasteiger charge is 2.20. The van der Waals surface area contributed by atoms with E-state index in [0.29, 0.717) is 30.1 Å². The van der Waals surface area contributed by atoms with Crippen molar-refractivity contribution < 1.29 is 4.74 Å². The lowest BCUT2D eigenvalue weighted by molar-refractivity contribution is 0.188. The molecule has 0 saturated carbocycles. The zero-order valence-corrected chi connectivity index (χ0v) is 17.0. The third kappa shape index (κ3) is 2.54. The first-order valence-electron chi connectivity index (χ1n) is 9.66. The Balaban J connectivity index is 1.85. The summed E-state index contributed by atoms with van der Waals surface area (Å²) in [4.78, 5) is 29.9. The van der Waals surface area contributed by atoms with Gasteiger partial charge in [0.2, 0.25) is 5.78 Å². The van der Waals surface area contributed by atoms with Gasteiger partial charge in [-0.3, -0.25) is 18.3 Å². The first-order chi connectivity index (χ1) is 14.5. The van der Waals surface area contributed by atoms with E-state index in [1.807, 2.05) is 22.9 Å². The first-order valence-corrected chi connectivity index (χ1v) is 9.66. The van der Waals surface area contributed by atoms with Crippen molar-refractivity contribution in [3.63, 3.8) is 0 Å². The van der Waals surface area contributed by atoms with Crippen LogP contribution >= 0.6 is 0 Å². The highest BCUT2D eigenvalue weighted by molar-refractivity contribution is 5.87. The summed E-state index contributed by atoms with van der Waals surface area (Å²) in [5, 5.41) is 2.30. The number of fused-ring (bicyclic) bond motifs is 4. The Labute approximate surface area is 171 Å². The van der Waals surface area contributed by atoms with Crippen LogP contribution in [0.1, 0.15) is 0 Å². The molecule has 0 N–H and O–H groups in total. The zero-order valence-electron chi connectivity index (χ0n) is 17.0. The molecule has 0 spiro atoms. The zero-order chi connectivity index (χ0) is 21.0. The number of nitrogens with zero attached hydrogens (tertiary/aromatic N) is 5. The number of methoxy groups -OCH3 is 1. The maximum absolute atomic E-state index is 12.9. The minimum Gasteiger partial charge on any atom is -0.383 e. The second-order valence-electron chi connectivity index (χ2n) is 7.38. The Morgan fingerprint density at radius 1 is 1.00 bits per heavy atom. The third-order valence-corrected chi connectivity index (χ3v) is 5.62. The van der Waals surface area contributed by atoms with Gasteiger partial charge in [0, 0.05) is 39.5 Å². The van der Waals surface area contributed by atoms with Crippen molar-refractivity contribution in [2.24, 2.45) is 14.1 Å². The van der Waals surface area contributed by atoms with E-state index in [1.165, 1.54) is 11.6 Å². The molecule has 3 heterocycles. The molecule has 8 heteroatoms. The first kappa shape index (κ1) is 18.4. The highest BCUT2D eigenvalue weighted by atomic mass is 16.5. The van der Waals surface area contributed by atoms with Crippen LogP contribution in [0.5, 0.6) is 0 Å². The monoisotopic (exact) mass is 403 g/mol. The van der Waals surface area contributed by atoms with Crippen molar-refractivity contribution in [2.45, 2.75) is 6.54 Å². The summed E-state index contributed by atoms with van der Waals surface area (Å²) in [6.07, 6.45) is 1.91. The molecule has 0 aliphatic carbocycles. The van der Waals surface area contributed by atoms with Crippen molar-refractivity contribution in [1.29, 1.82) is 0 Å². The molecule has 0 bridgehead atoms. The molecule has 0 aliphatic heterocycles. The minimum atomic E-state index is -0.397. The van der Waals surface area contributed by atoms with Crippen LogP contribution in [0, 0.1) is 0 Å². The Hall–Kier alpha value is -3.65. The number of rotatable bonds is 4. The van der Waals surface area contributed by atoms with E-state index in [1.54, 1.807) is 18.6 Å². The van der Waals surface area contributed by atoms with Gasteiger partial charge in [0.25, 0.3) is 5.56 Å². The van der Waals surface area contributed by atoms with Crippen LogP contribution < -0.4 is 11.2 Å². The van der Waals surface area contributed by atoms with Gasteiger partial charge in [-0.05, 0) is 16.8 Å². The van der Waals surface area contributed by atoms with Crippen LogP contribution in [0.4, 0.5) is 0 Å². The van der Waals surface area contributed by atoms with Crippen molar-refractivity contribution in [1.82, 2.24) is 23.1 Å². The fourth-order valence-electron chi connectivity index (χ4n) is 4.00. The van der Waals surface area contributed by atoms with Crippen molar-refractivity contribution in [3.8, 4) is 11.3 Å². The lowest BCUT2D eigenvalue weighted by atomic mass is 10.1. The summed E-state index contributed by atoms with van der Waals surface area (Å²) < 4.78 is 11.6. The number of hydrogen-bond donors (Lipinski definition) is 0. The molecule has 2 aromatic carbocycles. The Bertz CT molecular complexity index is 1550. The molecule has 0 aliphatic rings. The van der Waals surface area contributed by atoms with Gasteiger partial charge in [0.1, 0.15) is 0 Å². The molecular weight excluding hydrogens is 382 g/mol. The number of imidazole rings is 2. The molecule has 8 nitrogen and oxygen atoms in total. The normalized spacial score (nSPS) is 11.8. The van der Waals surface area contributed by atoms with E-state index in [-0.39, 0.29) is 5.56 Å². The van der Waals surface area contributed by atoms with Crippen LogP contribution in [0.25, 0.3) is 39.0 Å². The topological polar surface area (TPSA) is 75.5 Å². The summed E-state index contributed by atoms with van der Waals surface area (Å²) in [6, 6.07) is 14.5. The van der Waals surface area contributed by atoms with Crippen molar-refractivity contribution in [2.75, 3.05) is 13.7 Å². The molecule has 3 aromatic heterocycles. The molecule has 152 valence electrons. The summed E-state index contributed by atoms with van der Waals surface area (Å²) in [7, 11) is 4.76. The van der Waals surface area contributed by atoms with Crippen LogP contribution in [0.3, 0.4) is 0 Å². The van der Waals surface area contributed by atoms with Gasteiger partial charge in [-0.2, -0.15) is 4.98 Å². The van der Waals surface area contributed by atoms with Gasteiger partial charge < -0.3 is 9.30 Å². The Kier molecular flexibility index (Phi) is 4.11. The molecule has 0 unspecified atom stereocenters. The van der Waals surface area contributed by atoms with Crippen LogP contribution in [0.2, 0.25) is 0 Å².